The van der Waals surface area contributed by atoms with Gasteiger partial charge in [0.2, 0.25) is 0 Å². The second-order valence-corrected chi connectivity index (χ2v) is 8.06. The normalized spacial score (nSPS) is 20.4. The van der Waals surface area contributed by atoms with Crippen molar-refractivity contribution in [3.8, 4) is 0 Å². The second kappa shape index (κ2) is 9.26. The number of benzene rings is 2. The average molecular weight is 432 g/mol. The highest BCUT2D eigenvalue weighted by molar-refractivity contribution is 6.09. The van der Waals surface area contributed by atoms with E-state index in [9.17, 15) is 19.7 Å². The van der Waals surface area contributed by atoms with Crippen molar-refractivity contribution in [2.45, 2.75) is 38.5 Å². The van der Waals surface area contributed by atoms with Gasteiger partial charge in [0.05, 0.1) is 11.5 Å². The van der Waals surface area contributed by atoms with Gasteiger partial charge in [0.1, 0.15) is 5.92 Å². The number of Topliss-reactive ketones (excluding diaryl/α,β-unsaturated/α-hetero) is 1. The third kappa shape index (κ3) is 4.23. The van der Waals surface area contributed by atoms with Crippen LogP contribution in [0.2, 0.25) is 0 Å². The van der Waals surface area contributed by atoms with Crippen molar-refractivity contribution in [3.63, 3.8) is 0 Å². The van der Waals surface area contributed by atoms with Crippen LogP contribution < -0.4 is 0 Å². The lowest BCUT2D eigenvalue weighted by molar-refractivity contribution is -0.385. The number of hydrogen-bond donors (Lipinski definition) is 0. The maximum atomic E-state index is 13.2. The highest BCUT2D eigenvalue weighted by atomic mass is 16.6. The number of aliphatic imine (C=N–C) groups is 1. The minimum absolute atomic E-state index is 0.104. The largest absolute Gasteiger partial charge is 0.465 e. The molecule has 0 saturated heterocycles. The maximum Gasteiger partial charge on any atom is 0.315 e. The van der Waals surface area contributed by atoms with Crippen molar-refractivity contribution in [1.29, 1.82) is 0 Å². The van der Waals surface area contributed by atoms with Gasteiger partial charge in [-0.2, -0.15) is 0 Å². The van der Waals surface area contributed by atoms with Crippen molar-refractivity contribution in [1.82, 2.24) is 0 Å². The molecule has 0 spiro atoms. The van der Waals surface area contributed by atoms with Crippen LogP contribution in [0.4, 0.5) is 5.69 Å². The summed E-state index contributed by atoms with van der Waals surface area (Å²) in [6.45, 7) is 1.91. The number of rotatable bonds is 6. The molecule has 0 bridgehead atoms. The van der Waals surface area contributed by atoms with Gasteiger partial charge in [0.15, 0.2) is 5.78 Å². The van der Waals surface area contributed by atoms with Gasteiger partial charge in [-0.25, -0.2) is 0 Å². The predicted octanol–water partition coefficient (Wildman–Crippen LogP) is 4.56. The molecule has 32 heavy (non-hydrogen) atoms. The molecule has 2 atom stereocenters. The first kappa shape index (κ1) is 21.6. The van der Waals surface area contributed by atoms with E-state index in [1.165, 1.54) is 6.07 Å². The van der Waals surface area contributed by atoms with E-state index < -0.39 is 22.7 Å². The lowest BCUT2D eigenvalue weighted by atomic mass is 9.71. The molecule has 1 aliphatic carbocycles. The summed E-state index contributed by atoms with van der Waals surface area (Å²) in [6, 6.07) is 16.0. The molecule has 2 aromatic carbocycles. The Balaban J connectivity index is 1.69. The highest BCUT2D eigenvalue weighted by Crippen LogP contribution is 2.45. The van der Waals surface area contributed by atoms with Gasteiger partial charge in [-0.1, -0.05) is 48.5 Å². The molecule has 2 aliphatic rings. The van der Waals surface area contributed by atoms with Crippen LogP contribution in [0.25, 0.3) is 0 Å². The number of allylic oxidation sites excluding steroid dienone is 2. The lowest BCUT2D eigenvalue weighted by Gasteiger charge is -2.34. The predicted molar refractivity (Wildman–Crippen MR) is 119 cm³/mol. The summed E-state index contributed by atoms with van der Waals surface area (Å²) in [5.41, 5.74) is 2.85. The zero-order valence-corrected chi connectivity index (χ0v) is 17.8. The molecule has 164 valence electrons. The molecule has 4 rings (SSSR count). The summed E-state index contributed by atoms with van der Waals surface area (Å²) in [4.78, 5) is 42.0. The molecule has 7 nitrogen and oxygen atoms in total. The first-order valence-corrected chi connectivity index (χ1v) is 10.7. The number of ether oxygens (including phenoxy) is 1. The lowest BCUT2D eigenvalue weighted by Crippen LogP contribution is -2.37. The van der Waals surface area contributed by atoms with E-state index in [-0.39, 0.29) is 18.1 Å². The molecule has 2 aromatic rings. The quantitative estimate of drug-likeness (QED) is 0.378. The van der Waals surface area contributed by atoms with E-state index in [0.29, 0.717) is 48.2 Å². The van der Waals surface area contributed by atoms with E-state index in [2.05, 4.69) is 4.99 Å². The van der Waals surface area contributed by atoms with E-state index in [4.69, 9.17) is 4.74 Å². The maximum absolute atomic E-state index is 13.2. The van der Waals surface area contributed by atoms with Crippen molar-refractivity contribution < 1.29 is 19.2 Å². The van der Waals surface area contributed by atoms with Crippen LogP contribution in [0, 0.1) is 16.0 Å². The van der Waals surface area contributed by atoms with Gasteiger partial charge in [0, 0.05) is 47.4 Å². The number of para-hydroxylation sites is 1. The summed E-state index contributed by atoms with van der Waals surface area (Å²) >= 11 is 0. The molecule has 0 aromatic heterocycles. The third-order valence-corrected chi connectivity index (χ3v) is 6.03. The Morgan fingerprint density at radius 2 is 1.84 bits per heavy atom. The second-order valence-electron chi connectivity index (χ2n) is 8.06. The molecular weight excluding hydrogens is 408 g/mol. The Bertz CT molecular complexity index is 1120. The van der Waals surface area contributed by atoms with Gasteiger partial charge in [-0.15, -0.1) is 0 Å². The zero-order valence-electron chi connectivity index (χ0n) is 17.8. The molecule has 0 N–H and O–H groups in total. The summed E-state index contributed by atoms with van der Waals surface area (Å²) in [5, 5.41) is 11.8. The van der Waals surface area contributed by atoms with E-state index in [1.54, 1.807) is 25.1 Å². The minimum atomic E-state index is -0.882. The number of nitrogens with zero attached hydrogens (tertiary/aromatic N) is 2. The Labute approximate surface area is 186 Å². The molecule has 7 heteroatoms. The molecule has 0 amide bonds. The molecule has 1 unspecified atom stereocenters. The number of ketones is 1. The summed E-state index contributed by atoms with van der Waals surface area (Å²) in [7, 11) is 0. The standard InChI is InChI=1S/C25H24N2O5/c1-16-22(25(29)32-15-14-17-8-3-2-4-9-17)23(18-10-5-6-12-20(18)27(30)31)24-19(26-16)11-7-13-21(24)28/h2-6,8-10,12,22-23H,7,11,13-15H2,1H3/t22?,23-/m1/s1. The summed E-state index contributed by atoms with van der Waals surface area (Å²) in [5.74, 6) is -2.28. The molecule has 0 saturated carbocycles. The van der Waals surface area contributed by atoms with Crippen LogP contribution in [0.1, 0.15) is 43.2 Å². The first-order valence-electron chi connectivity index (χ1n) is 10.7. The topological polar surface area (TPSA) is 98.9 Å². The summed E-state index contributed by atoms with van der Waals surface area (Å²) in [6.07, 6.45) is 2.20. The van der Waals surface area contributed by atoms with Crippen molar-refractivity contribution in [2.24, 2.45) is 10.9 Å². The summed E-state index contributed by atoms with van der Waals surface area (Å²) < 4.78 is 5.60. The Morgan fingerprint density at radius 1 is 1.12 bits per heavy atom. The van der Waals surface area contributed by atoms with E-state index in [1.807, 2.05) is 30.3 Å². The monoisotopic (exact) mass is 432 g/mol. The van der Waals surface area contributed by atoms with Crippen LogP contribution >= 0.6 is 0 Å². The van der Waals surface area contributed by atoms with Crippen LogP contribution in [0.5, 0.6) is 0 Å². The number of esters is 1. The zero-order chi connectivity index (χ0) is 22.7. The first-order chi connectivity index (χ1) is 15.5. The average Bonchev–Trinajstić information content (AvgIpc) is 2.79. The smallest absolute Gasteiger partial charge is 0.315 e. The number of hydrogen-bond acceptors (Lipinski definition) is 6. The van der Waals surface area contributed by atoms with E-state index in [0.717, 1.165) is 5.56 Å². The van der Waals surface area contributed by atoms with Gasteiger partial charge in [-0.05, 0) is 25.3 Å². The third-order valence-electron chi connectivity index (χ3n) is 6.03. The van der Waals surface area contributed by atoms with Crippen molar-refractivity contribution in [2.75, 3.05) is 6.61 Å². The van der Waals surface area contributed by atoms with Crippen molar-refractivity contribution in [3.05, 3.63) is 87.1 Å². The van der Waals surface area contributed by atoms with Crippen LogP contribution in [0.15, 0.2) is 70.9 Å². The fraction of sp³-hybridized carbons (Fsp3) is 0.320. The SMILES string of the molecule is CC1=NC2=C(C(=O)CCC2)[C@H](c2ccccc2[N+](=O)[O-])C1C(=O)OCCc1ccccc1. The van der Waals surface area contributed by atoms with Gasteiger partial charge in [-0.3, -0.25) is 24.7 Å². The van der Waals surface area contributed by atoms with Crippen LogP contribution in [-0.2, 0) is 20.7 Å². The number of carbonyl (C=O) groups is 2. The Hall–Kier alpha value is -3.61. The Morgan fingerprint density at radius 3 is 2.59 bits per heavy atom. The fourth-order valence-corrected chi connectivity index (χ4v) is 4.57. The minimum Gasteiger partial charge on any atom is -0.465 e. The molecule has 1 heterocycles. The van der Waals surface area contributed by atoms with Crippen molar-refractivity contribution >= 4 is 23.2 Å². The van der Waals surface area contributed by atoms with Crippen LogP contribution in [-0.4, -0.2) is 29.0 Å². The molecule has 1 aliphatic heterocycles. The molecule has 0 fully saturated rings. The number of nitro groups is 1. The van der Waals surface area contributed by atoms with Gasteiger partial charge in [0.25, 0.3) is 5.69 Å². The Kier molecular flexibility index (Phi) is 6.25. The fourth-order valence-electron chi connectivity index (χ4n) is 4.57. The molecular formula is C25H24N2O5. The molecule has 0 radical (unpaired) electrons. The highest BCUT2D eigenvalue weighted by Gasteiger charge is 2.45. The van der Waals surface area contributed by atoms with Gasteiger partial charge >= 0.3 is 5.97 Å². The number of carbonyl (C=O) groups excluding carboxylic acids is 2. The van der Waals surface area contributed by atoms with E-state index >= 15 is 0 Å². The number of nitro benzene ring substituents is 1. The van der Waals surface area contributed by atoms with Crippen LogP contribution in [0.3, 0.4) is 0 Å². The van der Waals surface area contributed by atoms with Gasteiger partial charge < -0.3 is 4.74 Å².